The number of carbonyl (C=O) groups is 3. The lowest BCUT2D eigenvalue weighted by molar-refractivity contribution is -0.197. The van der Waals surface area contributed by atoms with Crippen molar-refractivity contribution in [3.05, 3.63) is 23.8 Å². The van der Waals surface area contributed by atoms with Gasteiger partial charge in [-0.2, -0.15) is 0 Å². The number of carbonyl (C=O) groups excluding carboxylic acids is 3. The van der Waals surface area contributed by atoms with Crippen molar-refractivity contribution in [3.63, 3.8) is 0 Å². The SMILES string of the molecule is CCCCCCCCCCCCCC(=O)OC1OC2(CC1NC(=O)/C=C/C(C)=C\C(C)CCCCCC)C1OC1C(=O)C1OC12. The zero-order valence-corrected chi connectivity index (χ0v) is 28.4. The molecule has 45 heavy (non-hydrogen) atoms. The maximum Gasteiger partial charge on any atom is 0.308 e. The number of rotatable bonds is 22. The maximum absolute atomic E-state index is 13.0. The maximum atomic E-state index is 13.0. The number of hydrogen-bond donors (Lipinski definition) is 1. The van der Waals surface area contributed by atoms with E-state index >= 15 is 0 Å². The summed E-state index contributed by atoms with van der Waals surface area (Å²) in [6.45, 7) is 8.68. The highest BCUT2D eigenvalue weighted by molar-refractivity contribution is 5.95. The summed E-state index contributed by atoms with van der Waals surface area (Å²) < 4.78 is 23.6. The second-order valence-corrected chi connectivity index (χ2v) is 14.0. The van der Waals surface area contributed by atoms with Crippen LogP contribution in [0.1, 0.15) is 143 Å². The summed E-state index contributed by atoms with van der Waals surface area (Å²) in [5.41, 5.74) is 0.145. The van der Waals surface area contributed by atoms with E-state index in [9.17, 15) is 14.4 Å². The summed E-state index contributed by atoms with van der Waals surface area (Å²) in [6, 6.07) is -0.562. The highest BCUT2D eigenvalue weighted by atomic mass is 16.8. The molecule has 3 heterocycles. The second kappa shape index (κ2) is 17.8. The zero-order chi connectivity index (χ0) is 32.2. The van der Waals surface area contributed by atoms with Crippen molar-refractivity contribution in [1.29, 1.82) is 0 Å². The molecule has 4 aliphatic rings. The van der Waals surface area contributed by atoms with Gasteiger partial charge >= 0.3 is 5.97 Å². The Balaban J connectivity index is 1.23. The van der Waals surface area contributed by atoms with Gasteiger partial charge in [-0.15, -0.1) is 0 Å². The molecule has 7 atom stereocenters. The van der Waals surface area contributed by atoms with Crippen molar-refractivity contribution in [2.75, 3.05) is 0 Å². The fraction of sp³-hybridized carbons (Fsp3) is 0.811. The highest BCUT2D eigenvalue weighted by Crippen LogP contribution is 2.57. The minimum absolute atomic E-state index is 0.0402. The highest BCUT2D eigenvalue weighted by Gasteiger charge is 2.79. The lowest BCUT2D eigenvalue weighted by atomic mass is 9.81. The average molecular weight is 630 g/mol. The molecule has 3 saturated heterocycles. The molecule has 3 aliphatic heterocycles. The van der Waals surface area contributed by atoms with Gasteiger partial charge in [-0.25, -0.2) is 0 Å². The van der Waals surface area contributed by atoms with Crippen LogP contribution in [0.25, 0.3) is 0 Å². The van der Waals surface area contributed by atoms with E-state index in [1.54, 1.807) is 0 Å². The van der Waals surface area contributed by atoms with E-state index in [1.807, 2.05) is 13.0 Å². The molecular weight excluding hydrogens is 570 g/mol. The molecule has 0 aromatic heterocycles. The first kappa shape index (κ1) is 35.8. The van der Waals surface area contributed by atoms with Crippen molar-refractivity contribution in [2.24, 2.45) is 5.92 Å². The molecule has 1 amide bonds. The van der Waals surface area contributed by atoms with Crippen LogP contribution in [0.3, 0.4) is 0 Å². The topological polar surface area (TPSA) is 107 Å². The van der Waals surface area contributed by atoms with Crippen LogP contribution < -0.4 is 5.32 Å². The van der Waals surface area contributed by atoms with Crippen LogP contribution in [0, 0.1) is 5.92 Å². The summed E-state index contributed by atoms with van der Waals surface area (Å²) in [4.78, 5) is 38.3. The quantitative estimate of drug-likeness (QED) is 0.0436. The largest absolute Gasteiger partial charge is 0.433 e. The number of epoxide rings is 2. The molecule has 0 bridgehead atoms. The van der Waals surface area contributed by atoms with Crippen molar-refractivity contribution in [3.8, 4) is 0 Å². The molecule has 1 aliphatic carbocycles. The number of fused-ring (bicyclic) bond motifs is 4. The molecule has 4 rings (SSSR count). The van der Waals surface area contributed by atoms with Crippen LogP contribution in [0.5, 0.6) is 0 Å². The Morgan fingerprint density at radius 2 is 1.42 bits per heavy atom. The van der Waals surface area contributed by atoms with Crippen LogP contribution in [0.15, 0.2) is 23.8 Å². The van der Waals surface area contributed by atoms with Gasteiger partial charge in [0, 0.05) is 18.9 Å². The van der Waals surface area contributed by atoms with Gasteiger partial charge in [0.1, 0.15) is 30.0 Å². The Hall–Kier alpha value is -2.03. The summed E-state index contributed by atoms with van der Waals surface area (Å²) in [7, 11) is 0. The first-order valence-electron chi connectivity index (χ1n) is 18.2. The van der Waals surface area contributed by atoms with Crippen LogP contribution in [0.4, 0.5) is 0 Å². The van der Waals surface area contributed by atoms with Gasteiger partial charge in [0.15, 0.2) is 5.78 Å². The molecule has 8 nitrogen and oxygen atoms in total. The van der Waals surface area contributed by atoms with Gasteiger partial charge in [-0.05, 0) is 25.7 Å². The standard InChI is InChI=1S/C37H59NO7/c1-5-7-9-11-12-13-14-15-16-17-19-21-30(40)42-36-28(25-37(45-36)34-32(43-34)31(41)33-35(37)44-33)38-29(39)23-22-27(4)24-26(3)20-18-10-8-6-2/h22-24,26,28,32-36H,5-21,25H2,1-4H3,(H,38,39)/b23-22+,27-24-. The fourth-order valence-electron chi connectivity index (χ4n) is 7.14. The predicted molar refractivity (Wildman–Crippen MR) is 174 cm³/mol. The van der Waals surface area contributed by atoms with Gasteiger partial charge in [-0.1, -0.05) is 128 Å². The molecule has 7 unspecified atom stereocenters. The molecule has 0 aromatic carbocycles. The van der Waals surface area contributed by atoms with E-state index in [0.717, 1.165) is 31.3 Å². The molecule has 0 aromatic rings. The van der Waals surface area contributed by atoms with E-state index in [4.69, 9.17) is 18.9 Å². The number of allylic oxidation sites excluding steroid dienone is 3. The predicted octanol–water partition coefficient (Wildman–Crippen LogP) is 7.43. The number of Topliss-reactive ketones (excluding diaryl/α,β-unsaturated/α-hetero) is 1. The Kier molecular flexibility index (Phi) is 14.1. The van der Waals surface area contributed by atoms with Crippen molar-refractivity contribution in [2.45, 2.75) is 186 Å². The van der Waals surface area contributed by atoms with Gasteiger partial charge in [-0.3, -0.25) is 14.4 Å². The third-order valence-electron chi connectivity index (χ3n) is 9.83. The summed E-state index contributed by atoms with van der Waals surface area (Å²) in [6.07, 6.45) is 22.8. The molecule has 1 N–H and O–H groups in total. The van der Waals surface area contributed by atoms with E-state index in [1.165, 1.54) is 83.1 Å². The summed E-state index contributed by atoms with van der Waals surface area (Å²) in [5, 5.41) is 3.01. The molecule has 4 fully saturated rings. The van der Waals surface area contributed by atoms with Crippen molar-refractivity contribution >= 4 is 17.7 Å². The molecule has 254 valence electrons. The Morgan fingerprint density at radius 1 is 0.867 bits per heavy atom. The fourth-order valence-corrected chi connectivity index (χ4v) is 7.14. The first-order valence-corrected chi connectivity index (χ1v) is 18.2. The molecule has 0 radical (unpaired) electrons. The van der Waals surface area contributed by atoms with E-state index < -0.39 is 42.3 Å². The number of esters is 1. The minimum atomic E-state index is -0.953. The number of hydrogen-bond acceptors (Lipinski definition) is 7. The van der Waals surface area contributed by atoms with Crippen LogP contribution in [0.2, 0.25) is 0 Å². The lowest BCUT2D eigenvalue weighted by Gasteiger charge is -2.27. The summed E-state index contributed by atoms with van der Waals surface area (Å²) >= 11 is 0. The van der Waals surface area contributed by atoms with E-state index in [2.05, 4.69) is 32.2 Å². The van der Waals surface area contributed by atoms with Gasteiger partial charge < -0.3 is 24.3 Å². The molecule has 1 saturated carbocycles. The van der Waals surface area contributed by atoms with E-state index in [-0.39, 0.29) is 17.7 Å². The van der Waals surface area contributed by atoms with Gasteiger partial charge in [0.2, 0.25) is 12.2 Å². The number of ketones is 1. The third-order valence-corrected chi connectivity index (χ3v) is 9.83. The molecule has 1 spiro atoms. The molecular formula is C37H59NO7. The Bertz CT molecular complexity index is 1020. The summed E-state index contributed by atoms with van der Waals surface area (Å²) in [5.74, 6) is -0.193. The van der Waals surface area contributed by atoms with Crippen LogP contribution in [-0.2, 0) is 33.3 Å². The van der Waals surface area contributed by atoms with Gasteiger partial charge in [0.05, 0.1) is 6.04 Å². The average Bonchev–Trinajstić information content (AvgIpc) is 3.94. The smallest absolute Gasteiger partial charge is 0.308 e. The van der Waals surface area contributed by atoms with Crippen molar-refractivity contribution < 1.29 is 33.3 Å². The third kappa shape index (κ3) is 10.5. The molecule has 8 heteroatoms. The van der Waals surface area contributed by atoms with Crippen LogP contribution >= 0.6 is 0 Å². The number of ether oxygens (including phenoxy) is 4. The number of unbranched alkanes of at least 4 members (excludes halogenated alkanes) is 13. The number of nitrogens with one attached hydrogen (secondary N) is 1. The zero-order valence-electron chi connectivity index (χ0n) is 28.4. The van der Waals surface area contributed by atoms with Crippen LogP contribution in [-0.4, -0.2) is 60.0 Å². The Labute approximate surface area is 271 Å². The minimum Gasteiger partial charge on any atom is -0.433 e. The first-order chi connectivity index (χ1) is 21.8. The normalized spacial score (nSPS) is 30.8. The van der Waals surface area contributed by atoms with E-state index in [0.29, 0.717) is 18.8 Å². The van der Waals surface area contributed by atoms with Crippen molar-refractivity contribution in [1.82, 2.24) is 5.32 Å². The monoisotopic (exact) mass is 629 g/mol. The Morgan fingerprint density at radius 3 is 2.02 bits per heavy atom. The lowest BCUT2D eigenvalue weighted by Crippen LogP contribution is -2.49. The second-order valence-electron chi connectivity index (χ2n) is 14.0. The van der Waals surface area contributed by atoms with Gasteiger partial charge in [0.25, 0.3) is 0 Å². The number of amides is 1.